The second kappa shape index (κ2) is 4.56. The van der Waals surface area contributed by atoms with Crippen molar-refractivity contribution in [1.29, 1.82) is 10.8 Å². The third-order valence-corrected chi connectivity index (χ3v) is 1.86. The smallest absolute Gasteiger partial charge is 0.192 e. The molecule has 0 heterocycles. The van der Waals surface area contributed by atoms with Gasteiger partial charge in [-0.3, -0.25) is 5.41 Å². The minimum absolute atomic E-state index is 0.105. The third kappa shape index (κ3) is 2.69. The predicted molar refractivity (Wildman–Crippen MR) is 57.7 cm³/mol. The number of hydrogen-bond acceptors (Lipinski definition) is 3. The van der Waals surface area contributed by atoms with Crippen LogP contribution in [0.4, 0.5) is 0 Å². The van der Waals surface area contributed by atoms with Crippen LogP contribution in [0, 0.1) is 24.7 Å². The summed E-state index contributed by atoms with van der Waals surface area (Å²) >= 11 is 0. The van der Waals surface area contributed by atoms with Gasteiger partial charge in [-0.25, -0.2) is 0 Å². The molecular weight excluding hydrogens is 176 g/mol. The number of rotatable bonds is 3. The molecule has 1 aromatic carbocycles. The van der Waals surface area contributed by atoms with Gasteiger partial charge in [0.05, 0.1) is 6.42 Å². The molecular formula is C11H14N2O. The monoisotopic (exact) mass is 190 g/mol. The molecule has 2 N–H and O–H groups in total. The second-order valence-corrected chi connectivity index (χ2v) is 3.20. The molecule has 0 bridgehead atoms. The van der Waals surface area contributed by atoms with Crippen LogP contribution >= 0.6 is 0 Å². The van der Waals surface area contributed by atoms with Gasteiger partial charge in [-0.05, 0) is 31.0 Å². The van der Waals surface area contributed by atoms with E-state index in [9.17, 15) is 0 Å². The van der Waals surface area contributed by atoms with Gasteiger partial charge >= 0.3 is 0 Å². The van der Waals surface area contributed by atoms with Crippen LogP contribution < -0.4 is 4.74 Å². The van der Waals surface area contributed by atoms with E-state index in [0.29, 0.717) is 5.75 Å². The minimum atomic E-state index is 0.105. The SMILES string of the molecule is Cc1ccc(C)c(OC(=N)CC=N)c1. The average molecular weight is 190 g/mol. The topological polar surface area (TPSA) is 56.9 Å². The standard InChI is InChI=1S/C11H14N2O/c1-8-3-4-9(2)10(7-8)14-11(13)5-6-12/h3-4,6-7,12-13H,5H2,1-2H3. The number of nitrogens with one attached hydrogen (secondary N) is 2. The average Bonchev–Trinajstić information content (AvgIpc) is 2.12. The van der Waals surface area contributed by atoms with E-state index < -0.39 is 0 Å². The predicted octanol–water partition coefficient (Wildman–Crippen LogP) is 2.70. The Morgan fingerprint density at radius 3 is 2.79 bits per heavy atom. The van der Waals surface area contributed by atoms with Gasteiger partial charge in [-0.2, -0.15) is 0 Å². The molecule has 0 aliphatic rings. The van der Waals surface area contributed by atoms with Crippen LogP contribution in [0.5, 0.6) is 5.75 Å². The Morgan fingerprint density at radius 1 is 1.43 bits per heavy atom. The number of ether oxygens (including phenoxy) is 1. The Morgan fingerprint density at radius 2 is 2.14 bits per heavy atom. The summed E-state index contributed by atoms with van der Waals surface area (Å²) < 4.78 is 5.30. The zero-order valence-corrected chi connectivity index (χ0v) is 8.42. The van der Waals surface area contributed by atoms with E-state index in [1.165, 1.54) is 0 Å². The first-order valence-electron chi connectivity index (χ1n) is 4.45. The fraction of sp³-hybridized carbons (Fsp3) is 0.273. The van der Waals surface area contributed by atoms with Gasteiger partial charge in [0.25, 0.3) is 0 Å². The molecule has 0 amide bonds. The van der Waals surface area contributed by atoms with E-state index in [1.54, 1.807) is 0 Å². The molecule has 0 atom stereocenters. The summed E-state index contributed by atoms with van der Waals surface area (Å²) in [4.78, 5) is 0. The van der Waals surface area contributed by atoms with E-state index >= 15 is 0 Å². The molecule has 1 rings (SSSR count). The van der Waals surface area contributed by atoms with Crippen molar-refractivity contribution < 1.29 is 4.74 Å². The summed E-state index contributed by atoms with van der Waals surface area (Å²) in [6, 6.07) is 5.86. The van der Waals surface area contributed by atoms with Crippen molar-refractivity contribution in [2.45, 2.75) is 20.3 Å². The van der Waals surface area contributed by atoms with Crippen LogP contribution in [0.15, 0.2) is 18.2 Å². The van der Waals surface area contributed by atoms with Crippen LogP contribution in [0.25, 0.3) is 0 Å². The molecule has 14 heavy (non-hydrogen) atoms. The summed E-state index contributed by atoms with van der Waals surface area (Å²) in [5, 5.41) is 14.3. The van der Waals surface area contributed by atoms with Crippen molar-refractivity contribution in [2.75, 3.05) is 0 Å². The van der Waals surface area contributed by atoms with E-state index in [0.717, 1.165) is 17.3 Å². The first kappa shape index (κ1) is 10.4. The lowest BCUT2D eigenvalue weighted by atomic mass is 10.1. The van der Waals surface area contributed by atoms with Crippen molar-refractivity contribution in [3.8, 4) is 5.75 Å². The Labute approximate surface area is 83.7 Å². The number of aryl methyl sites for hydroxylation is 2. The first-order valence-corrected chi connectivity index (χ1v) is 4.45. The fourth-order valence-corrected chi connectivity index (χ4v) is 1.08. The van der Waals surface area contributed by atoms with Crippen molar-refractivity contribution in [3.05, 3.63) is 29.3 Å². The Bertz CT molecular complexity index is 358. The molecule has 0 aromatic heterocycles. The zero-order chi connectivity index (χ0) is 10.6. The van der Waals surface area contributed by atoms with Crippen molar-refractivity contribution >= 4 is 12.1 Å². The van der Waals surface area contributed by atoms with E-state index in [4.69, 9.17) is 15.6 Å². The summed E-state index contributed by atoms with van der Waals surface area (Å²) in [6.07, 6.45) is 1.40. The molecule has 3 heteroatoms. The summed E-state index contributed by atoms with van der Waals surface area (Å²) in [5.74, 6) is 0.811. The van der Waals surface area contributed by atoms with Gasteiger partial charge in [0.1, 0.15) is 5.75 Å². The molecule has 0 aliphatic heterocycles. The maximum Gasteiger partial charge on any atom is 0.192 e. The lowest BCUT2D eigenvalue weighted by molar-refractivity contribution is 0.532. The molecule has 74 valence electrons. The van der Waals surface area contributed by atoms with Gasteiger partial charge in [-0.15, -0.1) is 0 Å². The Hall–Kier alpha value is -1.64. The molecule has 0 unspecified atom stereocenters. The van der Waals surface area contributed by atoms with Crippen LogP contribution in [-0.4, -0.2) is 12.1 Å². The van der Waals surface area contributed by atoms with Crippen molar-refractivity contribution in [1.82, 2.24) is 0 Å². The number of hydrogen-bond donors (Lipinski definition) is 2. The number of benzene rings is 1. The fourth-order valence-electron chi connectivity index (χ4n) is 1.08. The maximum absolute atomic E-state index is 7.42. The quantitative estimate of drug-likeness (QED) is 0.558. The molecule has 0 aliphatic carbocycles. The van der Waals surface area contributed by atoms with E-state index in [2.05, 4.69) is 0 Å². The molecule has 0 spiro atoms. The summed E-state index contributed by atoms with van der Waals surface area (Å²) in [7, 11) is 0. The zero-order valence-electron chi connectivity index (χ0n) is 8.42. The molecule has 1 aromatic rings. The molecule has 3 nitrogen and oxygen atoms in total. The van der Waals surface area contributed by atoms with Crippen molar-refractivity contribution in [2.24, 2.45) is 0 Å². The normalized spacial score (nSPS) is 9.57. The van der Waals surface area contributed by atoms with Crippen LogP contribution in [0.1, 0.15) is 17.5 Å². The Kier molecular flexibility index (Phi) is 3.40. The lowest BCUT2D eigenvalue weighted by Crippen LogP contribution is -2.07. The Balaban J connectivity index is 2.80. The lowest BCUT2D eigenvalue weighted by Gasteiger charge is -2.08. The summed E-state index contributed by atoms with van der Waals surface area (Å²) in [5.41, 5.74) is 2.11. The second-order valence-electron chi connectivity index (χ2n) is 3.20. The highest BCUT2D eigenvalue weighted by atomic mass is 16.5. The van der Waals surface area contributed by atoms with Crippen LogP contribution in [0.2, 0.25) is 0 Å². The molecule has 0 fully saturated rings. The van der Waals surface area contributed by atoms with Gasteiger partial charge in [0.2, 0.25) is 0 Å². The van der Waals surface area contributed by atoms with E-state index in [1.807, 2.05) is 32.0 Å². The largest absolute Gasteiger partial charge is 0.443 e. The summed E-state index contributed by atoms with van der Waals surface area (Å²) in [6.45, 7) is 3.92. The van der Waals surface area contributed by atoms with E-state index in [-0.39, 0.29) is 12.3 Å². The highest BCUT2D eigenvalue weighted by Gasteiger charge is 2.02. The molecule has 0 saturated carbocycles. The minimum Gasteiger partial charge on any atom is -0.443 e. The maximum atomic E-state index is 7.42. The van der Waals surface area contributed by atoms with Crippen LogP contribution in [-0.2, 0) is 0 Å². The van der Waals surface area contributed by atoms with Crippen LogP contribution in [0.3, 0.4) is 0 Å². The first-order chi connectivity index (χ1) is 6.63. The highest BCUT2D eigenvalue weighted by molar-refractivity contribution is 5.88. The molecule has 0 radical (unpaired) electrons. The third-order valence-electron chi connectivity index (χ3n) is 1.86. The van der Waals surface area contributed by atoms with Gasteiger partial charge in [0.15, 0.2) is 5.90 Å². The van der Waals surface area contributed by atoms with Gasteiger partial charge in [-0.1, -0.05) is 12.1 Å². The van der Waals surface area contributed by atoms with Gasteiger partial charge in [0, 0.05) is 6.21 Å². The van der Waals surface area contributed by atoms with Crippen molar-refractivity contribution in [3.63, 3.8) is 0 Å². The van der Waals surface area contributed by atoms with Gasteiger partial charge < -0.3 is 10.1 Å². The molecule has 0 saturated heterocycles. The highest BCUT2D eigenvalue weighted by Crippen LogP contribution is 2.19.